The summed E-state index contributed by atoms with van der Waals surface area (Å²) in [5.41, 5.74) is 3.02. The van der Waals surface area contributed by atoms with Gasteiger partial charge in [-0.2, -0.15) is 10.2 Å². The number of hydrogen-bond acceptors (Lipinski definition) is 7. The van der Waals surface area contributed by atoms with Crippen LogP contribution < -0.4 is 0 Å². The Hall–Kier alpha value is -3.20. The third-order valence-corrected chi connectivity index (χ3v) is 5.28. The van der Waals surface area contributed by atoms with Gasteiger partial charge in [-0.15, -0.1) is 5.11 Å². The predicted octanol–water partition coefficient (Wildman–Crippen LogP) is 2.57. The van der Waals surface area contributed by atoms with E-state index in [2.05, 4.69) is 25.3 Å². The summed E-state index contributed by atoms with van der Waals surface area (Å²) < 4.78 is 26.4. The molecule has 0 aliphatic carbocycles. The molecule has 136 valence electrons. The summed E-state index contributed by atoms with van der Waals surface area (Å²) in [6.07, 6.45) is 8.22. The third kappa shape index (κ3) is 3.54. The highest BCUT2D eigenvalue weighted by atomic mass is 32.2. The molecule has 1 aliphatic rings. The fourth-order valence-corrected chi connectivity index (χ4v) is 3.83. The van der Waals surface area contributed by atoms with Crippen LogP contribution in [0.5, 0.6) is 0 Å². The molecule has 9 heteroatoms. The number of nitrogens with zero attached hydrogens (tertiary/aromatic N) is 6. The molecule has 1 aliphatic heterocycles. The van der Waals surface area contributed by atoms with Gasteiger partial charge in [0.15, 0.2) is 22.3 Å². The van der Waals surface area contributed by atoms with E-state index in [1.165, 1.54) is 6.26 Å². The van der Waals surface area contributed by atoms with Crippen molar-refractivity contribution < 1.29 is 8.42 Å². The number of hydrogen-bond donors (Lipinski definition) is 0. The van der Waals surface area contributed by atoms with Crippen LogP contribution in [0.1, 0.15) is 11.1 Å². The minimum absolute atomic E-state index is 0.182. The zero-order chi connectivity index (χ0) is 18.9. The Kier molecular flexibility index (Phi) is 4.36. The number of pyridine rings is 1. The monoisotopic (exact) mass is 380 g/mol. The fraction of sp³-hybridized carbons (Fsp3) is 0.167. The molecular formula is C18H16N6O2S. The highest BCUT2D eigenvalue weighted by Crippen LogP contribution is 2.30. The molecule has 0 saturated carbocycles. The molecule has 0 amide bonds. The summed E-state index contributed by atoms with van der Waals surface area (Å²) in [6, 6.07) is 8.96. The van der Waals surface area contributed by atoms with E-state index in [0.29, 0.717) is 23.5 Å². The maximum absolute atomic E-state index is 12.3. The van der Waals surface area contributed by atoms with Gasteiger partial charge in [0.05, 0.1) is 17.6 Å². The van der Waals surface area contributed by atoms with Gasteiger partial charge in [0, 0.05) is 36.0 Å². The number of azo groups is 1. The van der Waals surface area contributed by atoms with Gasteiger partial charge in [-0.1, -0.05) is 12.1 Å². The summed E-state index contributed by atoms with van der Waals surface area (Å²) >= 11 is 0. The molecule has 1 aromatic carbocycles. The Morgan fingerprint density at radius 3 is 2.67 bits per heavy atom. The van der Waals surface area contributed by atoms with E-state index < -0.39 is 9.84 Å². The molecule has 0 bridgehead atoms. The van der Waals surface area contributed by atoms with Crippen LogP contribution in [0.3, 0.4) is 0 Å². The van der Waals surface area contributed by atoms with Crippen LogP contribution in [0.4, 0.5) is 0 Å². The third-order valence-electron chi connectivity index (χ3n) is 4.14. The maximum atomic E-state index is 12.3. The summed E-state index contributed by atoms with van der Waals surface area (Å²) in [5, 5.41) is 12.3. The molecule has 3 aromatic rings. The minimum atomic E-state index is -3.46. The van der Waals surface area contributed by atoms with Gasteiger partial charge in [0.25, 0.3) is 0 Å². The summed E-state index contributed by atoms with van der Waals surface area (Å²) in [4.78, 5) is 8.42. The van der Waals surface area contributed by atoms with Crippen LogP contribution in [0.25, 0.3) is 11.1 Å². The number of sulfone groups is 1. The molecule has 0 unspecified atom stereocenters. The topological polar surface area (TPSA) is 102 Å². The molecule has 3 heterocycles. The number of rotatable bonds is 5. The largest absolute Gasteiger partial charge is 0.268 e. The number of benzene rings is 1. The van der Waals surface area contributed by atoms with Crippen LogP contribution in [-0.4, -0.2) is 41.9 Å². The van der Waals surface area contributed by atoms with Gasteiger partial charge in [-0.3, -0.25) is 9.67 Å². The highest BCUT2D eigenvalue weighted by Gasteiger charge is 2.23. The molecule has 0 spiro atoms. The van der Waals surface area contributed by atoms with Crippen molar-refractivity contribution in [2.45, 2.75) is 11.4 Å². The van der Waals surface area contributed by atoms with Gasteiger partial charge in [0.1, 0.15) is 0 Å². The first-order valence-electron chi connectivity index (χ1n) is 8.19. The van der Waals surface area contributed by atoms with Gasteiger partial charge >= 0.3 is 0 Å². The Morgan fingerprint density at radius 1 is 1.15 bits per heavy atom. The first-order chi connectivity index (χ1) is 13.0. The standard InChI is InChI=1S/C18H16N6O2S/c1-27(25,26)16-4-2-3-15(17(16)18-20-12-21-23-18)14-9-22-24(11-14)10-13-5-7-19-8-6-13/h2-9,11H,10,12H2,1H3. The smallest absolute Gasteiger partial charge is 0.180 e. The molecule has 0 saturated heterocycles. The first kappa shape index (κ1) is 17.2. The van der Waals surface area contributed by atoms with E-state index in [1.54, 1.807) is 35.4 Å². The maximum Gasteiger partial charge on any atom is 0.180 e. The van der Waals surface area contributed by atoms with Crippen molar-refractivity contribution in [1.29, 1.82) is 0 Å². The van der Waals surface area contributed by atoms with Gasteiger partial charge in [-0.25, -0.2) is 13.4 Å². The van der Waals surface area contributed by atoms with Crippen molar-refractivity contribution >= 4 is 15.7 Å². The predicted molar refractivity (Wildman–Crippen MR) is 100 cm³/mol. The molecular weight excluding hydrogens is 364 g/mol. The molecule has 2 aromatic heterocycles. The average Bonchev–Trinajstić information content (AvgIpc) is 3.33. The summed E-state index contributed by atoms with van der Waals surface area (Å²) in [6.45, 7) is 0.790. The highest BCUT2D eigenvalue weighted by molar-refractivity contribution is 7.90. The van der Waals surface area contributed by atoms with Crippen molar-refractivity contribution in [2.75, 3.05) is 12.9 Å². The zero-order valence-electron chi connectivity index (χ0n) is 14.5. The van der Waals surface area contributed by atoms with E-state index in [-0.39, 0.29) is 11.6 Å². The van der Waals surface area contributed by atoms with Crippen molar-refractivity contribution in [2.24, 2.45) is 15.2 Å². The number of aliphatic imine (C=N–C) groups is 1. The average molecular weight is 380 g/mol. The summed E-state index contributed by atoms with van der Waals surface area (Å²) in [5.74, 6) is 0.327. The number of aromatic nitrogens is 3. The normalized spacial score (nSPS) is 13.7. The lowest BCUT2D eigenvalue weighted by Crippen LogP contribution is -2.08. The Balaban J connectivity index is 1.79. The van der Waals surface area contributed by atoms with E-state index in [0.717, 1.165) is 11.1 Å². The quantitative estimate of drug-likeness (QED) is 0.679. The van der Waals surface area contributed by atoms with Gasteiger partial charge in [0.2, 0.25) is 0 Å². The second-order valence-electron chi connectivity index (χ2n) is 6.10. The van der Waals surface area contributed by atoms with Crippen LogP contribution in [0, 0.1) is 0 Å². The molecule has 0 fully saturated rings. The van der Waals surface area contributed by atoms with Crippen molar-refractivity contribution in [3.8, 4) is 11.1 Å². The van der Waals surface area contributed by atoms with Crippen molar-refractivity contribution in [3.05, 3.63) is 66.2 Å². The molecule has 27 heavy (non-hydrogen) atoms. The Morgan fingerprint density at radius 2 is 1.96 bits per heavy atom. The molecule has 0 radical (unpaired) electrons. The van der Waals surface area contributed by atoms with Crippen molar-refractivity contribution in [3.63, 3.8) is 0 Å². The van der Waals surface area contributed by atoms with E-state index in [9.17, 15) is 8.42 Å². The lowest BCUT2D eigenvalue weighted by atomic mass is 10.0. The second-order valence-corrected chi connectivity index (χ2v) is 8.08. The fourth-order valence-electron chi connectivity index (χ4n) is 2.93. The molecule has 4 rings (SSSR count). The lowest BCUT2D eigenvalue weighted by Gasteiger charge is -2.11. The first-order valence-corrected chi connectivity index (χ1v) is 10.1. The van der Waals surface area contributed by atoms with Crippen LogP contribution in [-0.2, 0) is 16.4 Å². The van der Waals surface area contributed by atoms with Crippen LogP contribution in [0.2, 0.25) is 0 Å². The lowest BCUT2D eigenvalue weighted by molar-refractivity contribution is 0.601. The zero-order valence-corrected chi connectivity index (χ0v) is 15.3. The summed E-state index contributed by atoms with van der Waals surface area (Å²) in [7, 11) is -3.46. The number of amidine groups is 1. The van der Waals surface area contributed by atoms with Gasteiger partial charge < -0.3 is 0 Å². The molecule has 8 nitrogen and oxygen atoms in total. The SMILES string of the molecule is CS(=O)(=O)c1cccc(-c2cnn(Cc3ccncc3)c2)c1C1=NCN=N1. The van der Waals surface area contributed by atoms with Crippen molar-refractivity contribution in [1.82, 2.24) is 14.8 Å². The second kappa shape index (κ2) is 6.84. The van der Waals surface area contributed by atoms with Gasteiger partial charge in [-0.05, 0) is 29.3 Å². The van der Waals surface area contributed by atoms with E-state index in [1.807, 2.05) is 24.4 Å². The molecule has 0 atom stereocenters. The van der Waals surface area contributed by atoms with Crippen LogP contribution in [0.15, 0.2) is 75.2 Å². The molecule has 0 N–H and O–H groups in total. The Labute approximate surface area is 156 Å². The van der Waals surface area contributed by atoms with Crippen LogP contribution >= 0.6 is 0 Å². The van der Waals surface area contributed by atoms with E-state index >= 15 is 0 Å². The Bertz CT molecular complexity index is 1150. The minimum Gasteiger partial charge on any atom is -0.268 e. The van der Waals surface area contributed by atoms with E-state index in [4.69, 9.17) is 0 Å².